The van der Waals surface area contributed by atoms with Gasteiger partial charge in [-0.15, -0.1) is 0 Å². The summed E-state index contributed by atoms with van der Waals surface area (Å²) in [7, 11) is 0. The van der Waals surface area contributed by atoms with Crippen LogP contribution >= 0.6 is 0 Å². The predicted molar refractivity (Wildman–Crippen MR) is 64.4 cm³/mol. The number of phenols is 2. The van der Waals surface area contributed by atoms with Crippen molar-refractivity contribution >= 4 is 5.78 Å². The zero-order valence-electron chi connectivity index (χ0n) is 9.72. The van der Waals surface area contributed by atoms with E-state index in [1.54, 1.807) is 6.07 Å². The number of hydrogen-bond acceptors (Lipinski definition) is 4. The Morgan fingerprint density at radius 1 is 1.12 bits per heavy atom. The molecule has 0 spiro atoms. The van der Waals surface area contributed by atoms with E-state index in [0.29, 0.717) is 12.1 Å². The van der Waals surface area contributed by atoms with Crippen molar-refractivity contribution in [1.29, 1.82) is 0 Å². The molecule has 0 unspecified atom stereocenters. The standard InChI is InChI=1S/C13H17NO3/c15-11-5-4-10(8-12(11)16)13(17)9-14-6-2-1-3-7-14/h4-5,8,15-16H,1-3,6-7,9H2. The van der Waals surface area contributed by atoms with Crippen LogP contribution in [0.2, 0.25) is 0 Å². The monoisotopic (exact) mass is 235 g/mol. The molecule has 0 aliphatic carbocycles. The quantitative estimate of drug-likeness (QED) is 0.619. The van der Waals surface area contributed by atoms with Gasteiger partial charge >= 0.3 is 0 Å². The molecule has 2 rings (SSSR count). The van der Waals surface area contributed by atoms with Crippen LogP contribution in [0.15, 0.2) is 18.2 Å². The molecule has 1 fully saturated rings. The molecule has 0 atom stereocenters. The van der Waals surface area contributed by atoms with Crippen LogP contribution in [0.4, 0.5) is 0 Å². The van der Waals surface area contributed by atoms with E-state index in [-0.39, 0.29) is 17.3 Å². The van der Waals surface area contributed by atoms with E-state index in [0.717, 1.165) is 25.9 Å². The molecule has 92 valence electrons. The van der Waals surface area contributed by atoms with E-state index >= 15 is 0 Å². The molecule has 0 aromatic heterocycles. The fourth-order valence-electron chi connectivity index (χ4n) is 2.11. The number of aromatic hydroxyl groups is 2. The molecule has 4 heteroatoms. The highest BCUT2D eigenvalue weighted by molar-refractivity contribution is 5.98. The minimum Gasteiger partial charge on any atom is -0.504 e. The second kappa shape index (κ2) is 5.19. The second-order valence-electron chi connectivity index (χ2n) is 4.46. The van der Waals surface area contributed by atoms with E-state index < -0.39 is 0 Å². The highest BCUT2D eigenvalue weighted by Crippen LogP contribution is 2.25. The lowest BCUT2D eigenvalue weighted by atomic mass is 10.1. The summed E-state index contributed by atoms with van der Waals surface area (Å²) in [5.41, 5.74) is 0.450. The number of phenolic OH excluding ortho intramolecular Hbond substituents is 2. The average Bonchev–Trinajstić information content (AvgIpc) is 2.34. The van der Waals surface area contributed by atoms with Gasteiger partial charge in [0.2, 0.25) is 0 Å². The maximum atomic E-state index is 11.9. The van der Waals surface area contributed by atoms with Crippen molar-refractivity contribution in [1.82, 2.24) is 4.90 Å². The van der Waals surface area contributed by atoms with Crippen LogP contribution in [0.3, 0.4) is 0 Å². The van der Waals surface area contributed by atoms with Crippen LogP contribution in [0.5, 0.6) is 11.5 Å². The summed E-state index contributed by atoms with van der Waals surface area (Å²) in [6.07, 6.45) is 3.53. The number of piperidine rings is 1. The largest absolute Gasteiger partial charge is 0.504 e. The molecule has 2 N–H and O–H groups in total. The third kappa shape index (κ3) is 2.97. The number of carbonyl (C=O) groups is 1. The summed E-state index contributed by atoms with van der Waals surface area (Å²) < 4.78 is 0. The van der Waals surface area contributed by atoms with E-state index in [1.165, 1.54) is 18.6 Å². The molecule has 1 aromatic carbocycles. The van der Waals surface area contributed by atoms with Crippen molar-refractivity contribution in [2.24, 2.45) is 0 Å². The molecule has 1 aliphatic rings. The van der Waals surface area contributed by atoms with Gasteiger partial charge in [0.05, 0.1) is 6.54 Å². The topological polar surface area (TPSA) is 60.8 Å². The summed E-state index contributed by atoms with van der Waals surface area (Å²) in [6.45, 7) is 2.33. The van der Waals surface area contributed by atoms with Crippen LogP contribution in [0, 0.1) is 0 Å². The maximum Gasteiger partial charge on any atom is 0.176 e. The van der Waals surface area contributed by atoms with Crippen LogP contribution in [-0.4, -0.2) is 40.5 Å². The van der Waals surface area contributed by atoms with Gasteiger partial charge in [-0.1, -0.05) is 6.42 Å². The molecule has 0 amide bonds. The lowest BCUT2D eigenvalue weighted by Gasteiger charge is -2.25. The summed E-state index contributed by atoms with van der Waals surface area (Å²) in [6, 6.07) is 4.21. The van der Waals surface area contributed by atoms with Crippen molar-refractivity contribution in [2.45, 2.75) is 19.3 Å². The Morgan fingerprint density at radius 2 is 1.82 bits per heavy atom. The minimum atomic E-state index is -0.241. The van der Waals surface area contributed by atoms with Gasteiger partial charge in [-0.25, -0.2) is 0 Å². The average molecular weight is 235 g/mol. The highest BCUT2D eigenvalue weighted by atomic mass is 16.3. The fraction of sp³-hybridized carbons (Fsp3) is 0.462. The van der Waals surface area contributed by atoms with Gasteiger partial charge in [0, 0.05) is 5.56 Å². The van der Waals surface area contributed by atoms with Crippen LogP contribution in [0.25, 0.3) is 0 Å². The van der Waals surface area contributed by atoms with E-state index in [9.17, 15) is 15.0 Å². The number of carbonyl (C=O) groups excluding carboxylic acids is 1. The first kappa shape index (κ1) is 11.9. The molecule has 0 saturated carbocycles. The number of rotatable bonds is 3. The molecule has 1 saturated heterocycles. The Labute approximate surface area is 100 Å². The summed E-state index contributed by atoms with van der Waals surface area (Å²) >= 11 is 0. The molecular formula is C13H17NO3. The third-order valence-electron chi connectivity index (χ3n) is 3.11. The van der Waals surface area contributed by atoms with Crippen molar-refractivity contribution in [3.63, 3.8) is 0 Å². The molecule has 1 heterocycles. The second-order valence-corrected chi connectivity index (χ2v) is 4.46. The van der Waals surface area contributed by atoms with Gasteiger partial charge in [-0.3, -0.25) is 9.69 Å². The summed E-state index contributed by atoms with van der Waals surface area (Å²) in [5, 5.41) is 18.5. The fourth-order valence-corrected chi connectivity index (χ4v) is 2.11. The Hall–Kier alpha value is -1.55. The van der Waals surface area contributed by atoms with E-state index in [2.05, 4.69) is 4.90 Å². The maximum absolute atomic E-state index is 11.9. The minimum absolute atomic E-state index is 0.0119. The number of hydrogen-bond donors (Lipinski definition) is 2. The Morgan fingerprint density at radius 3 is 2.47 bits per heavy atom. The molecule has 1 aromatic rings. The zero-order valence-corrected chi connectivity index (χ0v) is 9.72. The van der Waals surface area contributed by atoms with Gasteiger partial charge in [-0.05, 0) is 44.1 Å². The first-order valence-corrected chi connectivity index (χ1v) is 5.94. The Balaban J connectivity index is 2.01. The summed E-state index contributed by atoms with van der Waals surface area (Å²) in [5.74, 6) is -0.448. The van der Waals surface area contributed by atoms with Crippen molar-refractivity contribution in [2.75, 3.05) is 19.6 Å². The normalized spacial score (nSPS) is 16.9. The van der Waals surface area contributed by atoms with Gasteiger partial charge in [0.15, 0.2) is 17.3 Å². The third-order valence-corrected chi connectivity index (χ3v) is 3.11. The highest BCUT2D eigenvalue weighted by Gasteiger charge is 2.15. The smallest absolute Gasteiger partial charge is 0.176 e. The molecule has 1 aliphatic heterocycles. The first-order chi connectivity index (χ1) is 8.16. The van der Waals surface area contributed by atoms with E-state index in [1.807, 2.05) is 0 Å². The molecule has 17 heavy (non-hydrogen) atoms. The Kier molecular flexibility index (Phi) is 3.64. The molecule has 4 nitrogen and oxygen atoms in total. The molecule has 0 radical (unpaired) electrons. The van der Waals surface area contributed by atoms with Gasteiger partial charge in [0.25, 0.3) is 0 Å². The van der Waals surface area contributed by atoms with Crippen LogP contribution < -0.4 is 0 Å². The van der Waals surface area contributed by atoms with Crippen LogP contribution in [-0.2, 0) is 0 Å². The zero-order chi connectivity index (χ0) is 12.3. The molecule has 0 bridgehead atoms. The number of ketones is 1. The van der Waals surface area contributed by atoms with Gasteiger partial charge in [0.1, 0.15) is 0 Å². The number of nitrogens with zero attached hydrogens (tertiary/aromatic N) is 1. The SMILES string of the molecule is O=C(CN1CCCCC1)c1ccc(O)c(O)c1. The van der Waals surface area contributed by atoms with Crippen molar-refractivity contribution < 1.29 is 15.0 Å². The van der Waals surface area contributed by atoms with Gasteiger partial charge < -0.3 is 10.2 Å². The lowest BCUT2D eigenvalue weighted by molar-refractivity contribution is 0.0915. The number of Topliss-reactive ketones (excluding diaryl/α,β-unsaturated/α-hetero) is 1. The molecular weight excluding hydrogens is 218 g/mol. The van der Waals surface area contributed by atoms with Crippen molar-refractivity contribution in [3.05, 3.63) is 23.8 Å². The van der Waals surface area contributed by atoms with Gasteiger partial charge in [-0.2, -0.15) is 0 Å². The summed E-state index contributed by atoms with van der Waals surface area (Å²) in [4.78, 5) is 14.1. The predicted octanol–water partition coefficient (Wildman–Crippen LogP) is 1.77. The van der Waals surface area contributed by atoms with Crippen molar-refractivity contribution in [3.8, 4) is 11.5 Å². The first-order valence-electron chi connectivity index (χ1n) is 5.94. The number of benzene rings is 1. The Bertz CT molecular complexity index is 411. The van der Waals surface area contributed by atoms with Crippen LogP contribution in [0.1, 0.15) is 29.6 Å². The lowest BCUT2D eigenvalue weighted by Crippen LogP contribution is -2.34. The number of likely N-dealkylation sites (tertiary alicyclic amines) is 1. The van der Waals surface area contributed by atoms with E-state index in [4.69, 9.17) is 0 Å².